The molecule has 0 radical (unpaired) electrons. The Hall–Kier alpha value is -0.160. The van der Waals surface area contributed by atoms with Crippen molar-refractivity contribution in [3.8, 4) is 0 Å². The molecule has 0 aromatic rings. The van der Waals surface area contributed by atoms with Gasteiger partial charge in [-0.1, -0.05) is 20.3 Å². The van der Waals surface area contributed by atoms with Gasteiger partial charge in [0.1, 0.15) is 0 Å². The van der Waals surface area contributed by atoms with Gasteiger partial charge in [0.15, 0.2) is 0 Å². The zero-order chi connectivity index (χ0) is 13.1. The summed E-state index contributed by atoms with van der Waals surface area (Å²) in [5.41, 5.74) is 0. The van der Waals surface area contributed by atoms with E-state index in [0.717, 1.165) is 52.6 Å². The van der Waals surface area contributed by atoms with Crippen LogP contribution >= 0.6 is 0 Å². The molecule has 0 saturated carbocycles. The second-order valence-corrected chi connectivity index (χ2v) is 4.89. The Balaban J connectivity index is 1.93. The van der Waals surface area contributed by atoms with Gasteiger partial charge in [-0.05, 0) is 12.8 Å². The van der Waals surface area contributed by atoms with Crippen molar-refractivity contribution < 1.29 is 9.47 Å². The maximum atomic E-state index is 5.51. The second kappa shape index (κ2) is 10.7. The monoisotopic (exact) mass is 258 g/mol. The molecule has 18 heavy (non-hydrogen) atoms. The number of hydrogen-bond acceptors (Lipinski definition) is 4. The van der Waals surface area contributed by atoms with Crippen molar-refractivity contribution in [3.63, 3.8) is 0 Å². The van der Waals surface area contributed by atoms with Crippen LogP contribution in [0.25, 0.3) is 0 Å². The lowest BCUT2D eigenvalue weighted by Gasteiger charge is -2.35. The summed E-state index contributed by atoms with van der Waals surface area (Å²) in [4.78, 5) is 2.54. The summed E-state index contributed by atoms with van der Waals surface area (Å²) in [5, 5.41) is 3.45. The number of rotatable bonds is 10. The second-order valence-electron chi connectivity index (χ2n) is 4.89. The van der Waals surface area contributed by atoms with Gasteiger partial charge in [0.05, 0.1) is 19.8 Å². The van der Waals surface area contributed by atoms with Crippen molar-refractivity contribution in [1.82, 2.24) is 10.2 Å². The van der Waals surface area contributed by atoms with Crippen molar-refractivity contribution in [2.75, 3.05) is 52.6 Å². The van der Waals surface area contributed by atoms with Crippen LogP contribution in [-0.2, 0) is 9.47 Å². The Morgan fingerprint density at radius 1 is 1.28 bits per heavy atom. The van der Waals surface area contributed by atoms with E-state index in [1.54, 1.807) is 0 Å². The predicted molar refractivity (Wildman–Crippen MR) is 75.1 cm³/mol. The maximum Gasteiger partial charge on any atom is 0.0622 e. The standard InChI is InChI=1S/C14H30N2O2/c1-3-5-10-17-11-7-15-6-8-16-9-12-18-13-14(16)4-2/h14-15H,3-13H2,1-2H3. The summed E-state index contributed by atoms with van der Waals surface area (Å²) in [6.45, 7) is 12.2. The van der Waals surface area contributed by atoms with Gasteiger partial charge in [0.2, 0.25) is 0 Å². The fourth-order valence-corrected chi connectivity index (χ4v) is 2.20. The molecular weight excluding hydrogens is 228 g/mol. The predicted octanol–water partition coefficient (Wildman–Crippen LogP) is 1.50. The lowest BCUT2D eigenvalue weighted by molar-refractivity contribution is -0.00800. The summed E-state index contributed by atoms with van der Waals surface area (Å²) in [5.74, 6) is 0. The Morgan fingerprint density at radius 2 is 2.17 bits per heavy atom. The van der Waals surface area contributed by atoms with E-state index in [-0.39, 0.29) is 0 Å². The van der Waals surface area contributed by atoms with Gasteiger partial charge in [0.25, 0.3) is 0 Å². The van der Waals surface area contributed by atoms with Gasteiger partial charge in [-0.2, -0.15) is 0 Å². The molecular formula is C14H30N2O2. The molecule has 4 heteroatoms. The molecule has 4 nitrogen and oxygen atoms in total. The number of unbranched alkanes of at least 4 members (excludes halogenated alkanes) is 1. The largest absolute Gasteiger partial charge is 0.380 e. The number of nitrogens with one attached hydrogen (secondary N) is 1. The zero-order valence-corrected chi connectivity index (χ0v) is 12.1. The Bertz CT molecular complexity index is 191. The summed E-state index contributed by atoms with van der Waals surface area (Å²) < 4.78 is 11.0. The maximum absolute atomic E-state index is 5.51. The number of morpholine rings is 1. The molecule has 1 aliphatic rings. The van der Waals surface area contributed by atoms with E-state index < -0.39 is 0 Å². The molecule has 0 amide bonds. The molecule has 1 rings (SSSR count). The zero-order valence-electron chi connectivity index (χ0n) is 12.1. The summed E-state index contributed by atoms with van der Waals surface area (Å²) >= 11 is 0. The minimum Gasteiger partial charge on any atom is -0.380 e. The quantitative estimate of drug-likeness (QED) is 0.602. The van der Waals surface area contributed by atoms with Crippen LogP contribution in [0.15, 0.2) is 0 Å². The van der Waals surface area contributed by atoms with Crippen LogP contribution < -0.4 is 5.32 Å². The third kappa shape index (κ3) is 6.69. The van der Waals surface area contributed by atoms with Crippen LogP contribution in [0.1, 0.15) is 33.1 Å². The van der Waals surface area contributed by atoms with Crippen LogP contribution in [0.2, 0.25) is 0 Å². The lowest BCUT2D eigenvalue weighted by Crippen LogP contribution is -2.47. The minimum atomic E-state index is 0.612. The fraction of sp³-hybridized carbons (Fsp3) is 1.00. The summed E-state index contributed by atoms with van der Waals surface area (Å²) in [6.07, 6.45) is 3.56. The van der Waals surface area contributed by atoms with E-state index >= 15 is 0 Å². The average molecular weight is 258 g/mol. The highest BCUT2D eigenvalue weighted by Crippen LogP contribution is 2.08. The Morgan fingerprint density at radius 3 is 2.94 bits per heavy atom. The van der Waals surface area contributed by atoms with Gasteiger partial charge in [-0.15, -0.1) is 0 Å². The Kier molecular flexibility index (Phi) is 9.48. The molecule has 1 saturated heterocycles. The highest BCUT2D eigenvalue weighted by Gasteiger charge is 2.20. The van der Waals surface area contributed by atoms with Crippen molar-refractivity contribution in [2.45, 2.75) is 39.2 Å². The number of hydrogen-bond donors (Lipinski definition) is 1. The molecule has 1 fully saturated rings. The van der Waals surface area contributed by atoms with Crippen molar-refractivity contribution >= 4 is 0 Å². The van der Waals surface area contributed by atoms with E-state index in [1.165, 1.54) is 19.3 Å². The molecule has 0 aromatic heterocycles. The van der Waals surface area contributed by atoms with Crippen molar-refractivity contribution in [3.05, 3.63) is 0 Å². The third-order valence-corrected chi connectivity index (χ3v) is 3.46. The van der Waals surface area contributed by atoms with Crippen LogP contribution in [0.5, 0.6) is 0 Å². The van der Waals surface area contributed by atoms with Gasteiger partial charge >= 0.3 is 0 Å². The van der Waals surface area contributed by atoms with Crippen LogP contribution in [0, 0.1) is 0 Å². The molecule has 1 unspecified atom stereocenters. The van der Waals surface area contributed by atoms with E-state index in [2.05, 4.69) is 24.1 Å². The average Bonchev–Trinajstić information content (AvgIpc) is 2.42. The fourth-order valence-electron chi connectivity index (χ4n) is 2.20. The van der Waals surface area contributed by atoms with Crippen molar-refractivity contribution in [2.24, 2.45) is 0 Å². The normalized spacial score (nSPS) is 21.3. The lowest BCUT2D eigenvalue weighted by atomic mass is 10.2. The topological polar surface area (TPSA) is 33.7 Å². The van der Waals surface area contributed by atoms with Gasteiger partial charge in [0, 0.05) is 38.8 Å². The number of nitrogens with zero attached hydrogens (tertiary/aromatic N) is 1. The molecule has 0 aliphatic carbocycles. The summed E-state index contributed by atoms with van der Waals surface area (Å²) in [6, 6.07) is 0.612. The van der Waals surface area contributed by atoms with Crippen LogP contribution in [-0.4, -0.2) is 63.5 Å². The molecule has 1 aliphatic heterocycles. The van der Waals surface area contributed by atoms with Crippen LogP contribution in [0.4, 0.5) is 0 Å². The SMILES string of the molecule is CCCCOCCNCCN1CCOCC1CC. The molecule has 0 bridgehead atoms. The molecule has 1 heterocycles. The molecule has 108 valence electrons. The molecule has 1 atom stereocenters. The first-order valence-electron chi connectivity index (χ1n) is 7.48. The van der Waals surface area contributed by atoms with Gasteiger partial charge in [-0.3, -0.25) is 4.90 Å². The summed E-state index contributed by atoms with van der Waals surface area (Å²) in [7, 11) is 0. The highest BCUT2D eigenvalue weighted by atomic mass is 16.5. The molecule has 1 N–H and O–H groups in total. The van der Waals surface area contributed by atoms with E-state index in [4.69, 9.17) is 9.47 Å². The van der Waals surface area contributed by atoms with Crippen LogP contribution in [0.3, 0.4) is 0 Å². The minimum absolute atomic E-state index is 0.612. The number of ether oxygens (including phenoxy) is 2. The van der Waals surface area contributed by atoms with E-state index in [9.17, 15) is 0 Å². The Labute approximate surface area is 112 Å². The first kappa shape index (κ1) is 15.9. The van der Waals surface area contributed by atoms with Crippen molar-refractivity contribution in [1.29, 1.82) is 0 Å². The van der Waals surface area contributed by atoms with Gasteiger partial charge < -0.3 is 14.8 Å². The molecule has 0 spiro atoms. The first-order valence-corrected chi connectivity index (χ1v) is 7.48. The molecule has 0 aromatic carbocycles. The van der Waals surface area contributed by atoms with E-state index in [1.807, 2.05) is 0 Å². The highest BCUT2D eigenvalue weighted by molar-refractivity contribution is 4.74. The third-order valence-electron chi connectivity index (χ3n) is 3.46. The van der Waals surface area contributed by atoms with E-state index in [0.29, 0.717) is 6.04 Å². The smallest absolute Gasteiger partial charge is 0.0622 e. The van der Waals surface area contributed by atoms with Gasteiger partial charge in [-0.25, -0.2) is 0 Å². The first-order chi connectivity index (χ1) is 8.88.